The van der Waals surface area contributed by atoms with Crippen LogP contribution in [0.5, 0.6) is 5.75 Å². The number of anilines is 1. The Morgan fingerprint density at radius 1 is 1.18 bits per heavy atom. The van der Waals surface area contributed by atoms with Gasteiger partial charge in [0, 0.05) is 5.69 Å². The van der Waals surface area contributed by atoms with Crippen LogP contribution in [-0.4, -0.2) is 13.0 Å². The molecule has 0 spiro atoms. The van der Waals surface area contributed by atoms with Crippen molar-refractivity contribution in [2.24, 2.45) is 0 Å². The zero-order valence-electron chi connectivity index (χ0n) is 13.4. The second-order valence-electron chi connectivity index (χ2n) is 5.51. The minimum Gasteiger partial charge on any atom is -0.497 e. The Labute approximate surface area is 132 Å². The summed E-state index contributed by atoms with van der Waals surface area (Å²) in [6.07, 6.45) is 1.45. The number of amides is 1. The molecule has 1 N–H and O–H groups in total. The van der Waals surface area contributed by atoms with Crippen molar-refractivity contribution in [1.82, 2.24) is 0 Å². The van der Waals surface area contributed by atoms with E-state index in [0.29, 0.717) is 12.3 Å². The summed E-state index contributed by atoms with van der Waals surface area (Å²) in [6, 6.07) is 15.7. The van der Waals surface area contributed by atoms with Crippen LogP contribution in [0.3, 0.4) is 0 Å². The van der Waals surface area contributed by atoms with E-state index in [2.05, 4.69) is 31.3 Å². The third kappa shape index (κ3) is 4.35. The molecule has 0 aliphatic carbocycles. The Morgan fingerprint density at radius 3 is 2.55 bits per heavy atom. The molecule has 0 radical (unpaired) electrons. The van der Waals surface area contributed by atoms with Gasteiger partial charge < -0.3 is 10.1 Å². The van der Waals surface area contributed by atoms with E-state index in [0.717, 1.165) is 23.4 Å². The maximum atomic E-state index is 12.1. The summed E-state index contributed by atoms with van der Waals surface area (Å²) < 4.78 is 5.17. The SMILES string of the molecule is CC[C@H](C)c1ccc(NC(=O)Cc2cccc(OC)c2)cc1. The Balaban J connectivity index is 1.96. The lowest BCUT2D eigenvalue weighted by Gasteiger charge is -2.11. The molecule has 3 nitrogen and oxygen atoms in total. The van der Waals surface area contributed by atoms with E-state index in [1.165, 1.54) is 5.56 Å². The van der Waals surface area contributed by atoms with Gasteiger partial charge in [0.2, 0.25) is 5.91 Å². The number of carbonyl (C=O) groups excluding carboxylic acids is 1. The molecule has 0 aromatic heterocycles. The maximum Gasteiger partial charge on any atom is 0.228 e. The van der Waals surface area contributed by atoms with E-state index in [-0.39, 0.29) is 5.91 Å². The van der Waals surface area contributed by atoms with Gasteiger partial charge in [0.25, 0.3) is 0 Å². The molecule has 0 saturated carbocycles. The van der Waals surface area contributed by atoms with E-state index >= 15 is 0 Å². The molecule has 1 amide bonds. The molecule has 1 atom stereocenters. The molecule has 0 fully saturated rings. The number of methoxy groups -OCH3 is 1. The lowest BCUT2D eigenvalue weighted by molar-refractivity contribution is -0.115. The van der Waals surface area contributed by atoms with E-state index < -0.39 is 0 Å². The smallest absolute Gasteiger partial charge is 0.228 e. The normalized spacial score (nSPS) is 11.8. The second kappa shape index (κ2) is 7.64. The van der Waals surface area contributed by atoms with Crippen LogP contribution >= 0.6 is 0 Å². The van der Waals surface area contributed by atoms with Crippen LogP contribution in [-0.2, 0) is 11.2 Å². The van der Waals surface area contributed by atoms with Crippen molar-refractivity contribution in [2.75, 3.05) is 12.4 Å². The fourth-order valence-corrected chi connectivity index (χ4v) is 2.30. The molecule has 3 heteroatoms. The molecule has 0 unspecified atom stereocenters. The van der Waals surface area contributed by atoms with E-state index in [1.54, 1.807) is 7.11 Å². The summed E-state index contributed by atoms with van der Waals surface area (Å²) in [5, 5.41) is 2.93. The molecule has 0 heterocycles. The lowest BCUT2D eigenvalue weighted by Crippen LogP contribution is -2.14. The number of carbonyl (C=O) groups is 1. The van der Waals surface area contributed by atoms with Crippen LogP contribution in [0, 0.1) is 0 Å². The molecular formula is C19H23NO2. The molecule has 0 aliphatic heterocycles. The van der Waals surface area contributed by atoms with Crippen molar-refractivity contribution >= 4 is 11.6 Å². The van der Waals surface area contributed by atoms with Gasteiger partial charge in [-0.25, -0.2) is 0 Å². The first-order valence-corrected chi connectivity index (χ1v) is 7.65. The van der Waals surface area contributed by atoms with E-state index in [9.17, 15) is 4.79 Å². The van der Waals surface area contributed by atoms with Gasteiger partial charge in [-0.1, -0.05) is 38.1 Å². The van der Waals surface area contributed by atoms with Gasteiger partial charge in [0.15, 0.2) is 0 Å². The molecule has 2 rings (SSSR count). The molecule has 2 aromatic carbocycles. The first-order valence-electron chi connectivity index (χ1n) is 7.65. The van der Waals surface area contributed by atoms with Crippen LogP contribution in [0.1, 0.15) is 37.3 Å². The average Bonchev–Trinajstić information content (AvgIpc) is 2.55. The highest BCUT2D eigenvalue weighted by Crippen LogP contribution is 2.20. The zero-order chi connectivity index (χ0) is 15.9. The summed E-state index contributed by atoms with van der Waals surface area (Å²) >= 11 is 0. The van der Waals surface area contributed by atoms with Crippen molar-refractivity contribution < 1.29 is 9.53 Å². The largest absolute Gasteiger partial charge is 0.497 e. The van der Waals surface area contributed by atoms with Crippen LogP contribution in [0.4, 0.5) is 5.69 Å². The number of benzene rings is 2. The summed E-state index contributed by atoms with van der Waals surface area (Å²) in [7, 11) is 1.62. The van der Waals surface area contributed by atoms with Crippen LogP contribution in [0.15, 0.2) is 48.5 Å². The number of ether oxygens (including phenoxy) is 1. The monoisotopic (exact) mass is 297 g/mol. The minimum absolute atomic E-state index is 0.0236. The van der Waals surface area contributed by atoms with Crippen molar-refractivity contribution in [1.29, 1.82) is 0 Å². The molecule has 0 bridgehead atoms. The first kappa shape index (κ1) is 16.1. The Bertz CT molecular complexity index is 620. The van der Waals surface area contributed by atoms with Crippen molar-refractivity contribution in [3.63, 3.8) is 0 Å². The zero-order valence-corrected chi connectivity index (χ0v) is 13.4. The second-order valence-corrected chi connectivity index (χ2v) is 5.51. The van der Waals surface area contributed by atoms with Gasteiger partial charge in [0.05, 0.1) is 13.5 Å². The highest BCUT2D eigenvalue weighted by molar-refractivity contribution is 5.92. The predicted molar refractivity (Wildman–Crippen MR) is 90.5 cm³/mol. The Kier molecular flexibility index (Phi) is 5.59. The third-order valence-corrected chi connectivity index (χ3v) is 3.87. The number of rotatable bonds is 6. The fraction of sp³-hybridized carbons (Fsp3) is 0.316. The van der Waals surface area contributed by atoms with Crippen LogP contribution in [0.25, 0.3) is 0 Å². The Morgan fingerprint density at radius 2 is 1.91 bits per heavy atom. The first-order chi connectivity index (χ1) is 10.6. The van der Waals surface area contributed by atoms with E-state index in [1.807, 2.05) is 36.4 Å². The standard InChI is InChI=1S/C19H23NO2/c1-4-14(2)16-8-10-17(11-9-16)20-19(21)13-15-6-5-7-18(12-15)22-3/h5-12,14H,4,13H2,1-3H3,(H,20,21)/t14-/m0/s1. The summed E-state index contributed by atoms with van der Waals surface area (Å²) in [6.45, 7) is 4.38. The van der Waals surface area contributed by atoms with Gasteiger partial charge in [0.1, 0.15) is 5.75 Å². The molecule has 2 aromatic rings. The lowest BCUT2D eigenvalue weighted by atomic mass is 9.98. The molecule has 22 heavy (non-hydrogen) atoms. The van der Waals surface area contributed by atoms with Crippen LogP contribution in [0.2, 0.25) is 0 Å². The van der Waals surface area contributed by atoms with Crippen molar-refractivity contribution in [3.05, 3.63) is 59.7 Å². The van der Waals surface area contributed by atoms with Gasteiger partial charge in [-0.05, 0) is 47.7 Å². The molecule has 116 valence electrons. The summed E-state index contributed by atoms with van der Waals surface area (Å²) in [4.78, 5) is 12.1. The maximum absolute atomic E-state index is 12.1. The van der Waals surface area contributed by atoms with Crippen molar-refractivity contribution in [2.45, 2.75) is 32.6 Å². The highest BCUT2D eigenvalue weighted by atomic mass is 16.5. The van der Waals surface area contributed by atoms with Gasteiger partial charge in [-0.15, -0.1) is 0 Å². The van der Waals surface area contributed by atoms with E-state index in [4.69, 9.17) is 4.74 Å². The highest BCUT2D eigenvalue weighted by Gasteiger charge is 2.06. The van der Waals surface area contributed by atoms with Crippen LogP contribution < -0.4 is 10.1 Å². The topological polar surface area (TPSA) is 38.3 Å². The number of hydrogen-bond acceptors (Lipinski definition) is 2. The van der Waals surface area contributed by atoms with Gasteiger partial charge in [-0.2, -0.15) is 0 Å². The van der Waals surface area contributed by atoms with Crippen molar-refractivity contribution in [3.8, 4) is 5.75 Å². The summed E-state index contributed by atoms with van der Waals surface area (Å²) in [5.41, 5.74) is 3.07. The molecule has 0 aliphatic rings. The number of nitrogens with one attached hydrogen (secondary N) is 1. The number of hydrogen-bond donors (Lipinski definition) is 1. The van der Waals surface area contributed by atoms with Gasteiger partial charge in [-0.3, -0.25) is 4.79 Å². The third-order valence-electron chi connectivity index (χ3n) is 3.87. The quantitative estimate of drug-likeness (QED) is 0.858. The fourth-order valence-electron chi connectivity index (χ4n) is 2.30. The molecule has 0 saturated heterocycles. The summed E-state index contributed by atoms with van der Waals surface area (Å²) in [5.74, 6) is 1.29. The molecular weight excluding hydrogens is 274 g/mol. The minimum atomic E-state index is -0.0236. The van der Waals surface area contributed by atoms with Gasteiger partial charge >= 0.3 is 0 Å². The predicted octanol–water partition coefficient (Wildman–Crippen LogP) is 4.39. The Hall–Kier alpha value is -2.29. The average molecular weight is 297 g/mol.